The van der Waals surface area contributed by atoms with E-state index in [1.165, 1.54) is 0 Å². The monoisotopic (exact) mass is 240 g/mol. The fraction of sp³-hybridized carbons (Fsp3) is 0.462. The molecule has 0 aromatic heterocycles. The predicted molar refractivity (Wildman–Crippen MR) is 66.2 cm³/mol. The van der Waals surface area contributed by atoms with Crippen LogP contribution in [0.2, 0.25) is 5.02 Å². The van der Waals surface area contributed by atoms with E-state index < -0.39 is 0 Å². The van der Waals surface area contributed by atoms with E-state index in [1.54, 1.807) is 6.92 Å². The first kappa shape index (κ1) is 13.0. The third kappa shape index (κ3) is 4.23. The Morgan fingerprint density at radius 1 is 1.44 bits per heavy atom. The summed E-state index contributed by atoms with van der Waals surface area (Å²) < 4.78 is 5.51. The van der Waals surface area contributed by atoms with Gasteiger partial charge in [0.25, 0.3) is 0 Å². The first-order valence-corrected chi connectivity index (χ1v) is 5.92. The minimum absolute atomic E-state index is 0.222. The number of rotatable bonds is 6. The lowest BCUT2D eigenvalue weighted by Gasteiger charge is -2.10. The smallest absolute Gasteiger partial charge is 0.129 e. The highest BCUT2D eigenvalue weighted by Crippen LogP contribution is 2.24. The molecule has 0 atom stereocenters. The highest BCUT2D eigenvalue weighted by Gasteiger charge is 2.05. The maximum atomic E-state index is 10.9. The van der Waals surface area contributed by atoms with Crippen molar-refractivity contribution in [3.05, 3.63) is 28.8 Å². The summed E-state index contributed by atoms with van der Waals surface area (Å²) in [4.78, 5) is 10.9. The molecular weight excluding hydrogens is 224 g/mol. The first-order valence-electron chi connectivity index (χ1n) is 5.54. The number of ketones is 1. The number of Topliss-reactive ketones (excluding diaryl/α,β-unsaturated/α-hetero) is 1. The SMILES string of the molecule is CCOc1ccc(Cl)cc1CCCC(C)=O. The molecular formula is C13H17ClO2. The largest absolute Gasteiger partial charge is 0.494 e. The van der Waals surface area contributed by atoms with Crippen LogP contribution in [-0.2, 0) is 11.2 Å². The molecule has 0 saturated heterocycles. The number of carbonyl (C=O) groups excluding carboxylic acids is 1. The summed E-state index contributed by atoms with van der Waals surface area (Å²) in [6.07, 6.45) is 2.28. The lowest BCUT2D eigenvalue weighted by Crippen LogP contribution is -1.98. The molecule has 0 amide bonds. The quantitative estimate of drug-likeness (QED) is 0.759. The number of benzene rings is 1. The predicted octanol–water partition coefficient (Wildman–Crippen LogP) is 3.65. The van der Waals surface area contributed by atoms with Gasteiger partial charge >= 0.3 is 0 Å². The molecule has 0 saturated carbocycles. The molecule has 1 aromatic carbocycles. The topological polar surface area (TPSA) is 26.3 Å². The number of aryl methyl sites for hydroxylation is 1. The molecule has 88 valence electrons. The summed E-state index contributed by atoms with van der Waals surface area (Å²) in [5.41, 5.74) is 1.08. The van der Waals surface area contributed by atoms with Crippen LogP contribution in [0.5, 0.6) is 5.75 Å². The van der Waals surface area contributed by atoms with Gasteiger partial charge in [-0.05, 0) is 50.5 Å². The maximum absolute atomic E-state index is 10.9. The second kappa shape index (κ2) is 6.54. The Morgan fingerprint density at radius 3 is 2.81 bits per heavy atom. The molecule has 1 aromatic rings. The summed E-state index contributed by atoms with van der Waals surface area (Å²) >= 11 is 5.94. The van der Waals surface area contributed by atoms with E-state index in [9.17, 15) is 4.79 Å². The van der Waals surface area contributed by atoms with Crippen LogP contribution in [0.3, 0.4) is 0 Å². The van der Waals surface area contributed by atoms with E-state index in [0.29, 0.717) is 18.1 Å². The third-order valence-corrected chi connectivity index (χ3v) is 2.53. The maximum Gasteiger partial charge on any atom is 0.129 e. The van der Waals surface area contributed by atoms with Crippen LogP contribution in [0.4, 0.5) is 0 Å². The second-order valence-electron chi connectivity index (χ2n) is 3.74. The normalized spacial score (nSPS) is 10.2. The third-order valence-electron chi connectivity index (χ3n) is 2.30. The van der Waals surface area contributed by atoms with Crippen molar-refractivity contribution in [3.8, 4) is 5.75 Å². The summed E-state index contributed by atoms with van der Waals surface area (Å²) in [5.74, 6) is 1.09. The van der Waals surface area contributed by atoms with Gasteiger partial charge in [0.05, 0.1) is 6.61 Å². The molecule has 0 unspecified atom stereocenters. The van der Waals surface area contributed by atoms with Crippen molar-refractivity contribution in [1.82, 2.24) is 0 Å². The Hall–Kier alpha value is -1.02. The van der Waals surface area contributed by atoms with Gasteiger partial charge in [0.2, 0.25) is 0 Å². The zero-order valence-corrected chi connectivity index (χ0v) is 10.5. The molecule has 3 heteroatoms. The number of carbonyl (C=O) groups is 1. The van der Waals surface area contributed by atoms with Crippen LogP contribution in [0.1, 0.15) is 32.3 Å². The van der Waals surface area contributed by atoms with Gasteiger partial charge in [0.1, 0.15) is 11.5 Å². The van der Waals surface area contributed by atoms with Gasteiger partial charge in [0, 0.05) is 11.4 Å². The molecule has 0 heterocycles. The number of halogens is 1. The molecule has 0 bridgehead atoms. The summed E-state index contributed by atoms with van der Waals surface area (Å²) in [6.45, 7) is 4.21. The van der Waals surface area contributed by atoms with Crippen molar-refractivity contribution in [2.45, 2.75) is 33.1 Å². The van der Waals surface area contributed by atoms with Crippen LogP contribution in [-0.4, -0.2) is 12.4 Å². The standard InChI is InChI=1S/C13H17ClO2/c1-3-16-13-8-7-12(14)9-11(13)6-4-5-10(2)15/h7-9H,3-6H2,1-2H3. The molecule has 1 rings (SSSR count). The van der Waals surface area contributed by atoms with E-state index in [4.69, 9.17) is 16.3 Å². The number of ether oxygens (including phenoxy) is 1. The minimum atomic E-state index is 0.222. The van der Waals surface area contributed by atoms with Gasteiger partial charge in [-0.2, -0.15) is 0 Å². The fourth-order valence-electron chi connectivity index (χ4n) is 1.57. The van der Waals surface area contributed by atoms with E-state index >= 15 is 0 Å². The molecule has 0 aliphatic rings. The van der Waals surface area contributed by atoms with Crippen molar-refractivity contribution < 1.29 is 9.53 Å². The van der Waals surface area contributed by atoms with Gasteiger partial charge < -0.3 is 9.53 Å². The molecule has 0 radical (unpaired) electrons. The summed E-state index contributed by atoms with van der Waals surface area (Å²) in [5, 5.41) is 0.710. The molecule has 16 heavy (non-hydrogen) atoms. The fourth-order valence-corrected chi connectivity index (χ4v) is 1.76. The van der Waals surface area contributed by atoms with Crippen molar-refractivity contribution in [1.29, 1.82) is 0 Å². The van der Waals surface area contributed by atoms with Crippen molar-refractivity contribution in [2.75, 3.05) is 6.61 Å². The van der Waals surface area contributed by atoms with Gasteiger partial charge in [-0.15, -0.1) is 0 Å². The lowest BCUT2D eigenvalue weighted by molar-refractivity contribution is -0.117. The summed E-state index contributed by atoms with van der Waals surface area (Å²) in [6, 6.07) is 5.61. The van der Waals surface area contributed by atoms with E-state index in [1.807, 2.05) is 25.1 Å². The second-order valence-corrected chi connectivity index (χ2v) is 4.18. The van der Waals surface area contributed by atoms with Gasteiger partial charge in [0.15, 0.2) is 0 Å². The van der Waals surface area contributed by atoms with Crippen molar-refractivity contribution >= 4 is 17.4 Å². The zero-order chi connectivity index (χ0) is 12.0. The van der Waals surface area contributed by atoms with E-state index in [0.717, 1.165) is 24.2 Å². The molecule has 0 spiro atoms. The minimum Gasteiger partial charge on any atom is -0.494 e. The summed E-state index contributed by atoms with van der Waals surface area (Å²) in [7, 11) is 0. The zero-order valence-electron chi connectivity index (χ0n) is 9.75. The Labute approximate surface area is 102 Å². The highest BCUT2D eigenvalue weighted by atomic mass is 35.5. The average molecular weight is 241 g/mol. The lowest BCUT2D eigenvalue weighted by atomic mass is 10.1. The molecule has 0 N–H and O–H groups in total. The molecule has 0 fully saturated rings. The Kier molecular flexibility index (Phi) is 5.33. The number of hydrogen-bond donors (Lipinski definition) is 0. The van der Waals surface area contributed by atoms with Crippen LogP contribution >= 0.6 is 11.6 Å². The molecule has 2 nitrogen and oxygen atoms in total. The van der Waals surface area contributed by atoms with Gasteiger partial charge in [-0.1, -0.05) is 11.6 Å². The van der Waals surface area contributed by atoms with E-state index in [2.05, 4.69) is 0 Å². The van der Waals surface area contributed by atoms with Crippen LogP contribution in [0.15, 0.2) is 18.2 Å². The highest BCUT2D eigenvalue weighted by molar-refractivity contribution is 6.30. The Morgan fingerprint density at radius 2 is 2.19 bits per heavy atom. The Bertz CT molecular complexity index is 361. The van der Waals surface area contributed by atoms with Crippen LogP contribution < -0.4 is 4.74 Å². The van der Waals surface area contributed by atoms with Crippen molar-refractivity contribution in [3.63, 3.8) is 0 Å². The average Bonchev–Trinajstić information content (AvgIpc) is 2.21. The molecule has 0 aliphatic heterocycles. The van der Waals surface area contributed by atoms with Crippen molar-refractivity contribution in [2.24, 2.45) is 0 Å². The molecule has 0 aliphatic carbocycles. The van der Waals surface area contributed by atoms with Crippen LogP contribution in [0, 0.1) is 0 Å². The van der Waals surface area contributed by atoms with E-state index in [-0.39, 0.29) is 5.78 Å². The first-order chi connectivity index (χ1) is 7.63. The van der Waals surface area contributed by atoms with Gasteiger partial charge in [-0.3, -0.25) is 0 Å². The van der Waals surface area contributed by atoms with Crippen LogP contribution in [0.25, 0.3) is 0 Å². The van der Waals surface area contributed by atoms with Gasteiger partial charge in [-0.25, -0.2) is 0 Å². The Balaban J connectivity index is 2.67. The number of hydrogen-bond acceptors (Lipinski definition) is 2.